The average molecular weight is 272 g/mol. The third kappa shape index (κ3) is 4.94. The summed E-state index contributed by atoms with van der Waals surface area (Å²) in [4.78, 5) is 22.1. The Kier molecular flexibility index (Phi) is 5.97. The van der Waals surface area contributed by atoms with E-state index in [-0.39, 0.29) is 18.6 Å². The van der Waals surface area contributed by atoms with E-state index in [0.29, 0.717) is 17.1 Å². The van der Waals surface area contributed by atoms with Crippen LogP contribution in [0.3, 0.4) is 0 Å². The molecule has 1 N–H and O–H groups in total. The molecule has 1 rings (SSSR count). The van der Waals surface area contributed by atoms with Gasteiger partial charge in [-0.3, -0.25) is 9.59 Å². The summed E-state index contributed by atoms with van der Waals surface area (Å²) in [5, 5.41) is 8.53. The monoisotopic (exact) mass is 272 g/mol. The number of hydrogen-bond donors (Lipinski definition) is 1. The minimum atomic E-state index is -0.983. The summed E-state index contributed by atoms with van der Waals surface area (Å²) < 4.78 is 5.50. The molecule has 104 valence electrons. The first-order valence-corrected chi connectivity index (χ1v) is 6.05. The number of rotatable bonds is 8. The smallest absolute Gasteiger partial charge is 0.303 e. The van der Waals surface area contributed by atoms with Gasteiger partial charge in [0.15, 0.2) is 5.78 Å². The molecule has 0 saturated heterocycles. The molecule has 4 nitrogen and oxygen atoms in total. The van der Waals surface area contributed by atoms with Crippen LogP contribution in [-0.4, -0.2) is 16.9 Å². The van der Waals surface area contributed by atoms with Crippen molar-refractivity contribution in [2.75, 3.05) is 0 Å². The molecule has 0 aliphatic heterocycles. The Labute approximate surface area is 117 Å². The largest absolute Gasteiger partial charge is 0.481 e. The molecule has 0 fully saturated rings. The standard InChI is InChI=1S/C16H16O4/c1-3-5-13(4-2)20-14-8-6-12(7-9-14)15(17)10-11-16(18)19/h3-9H,1-2,10-11H2,(H,18,19)/b13-5+. The van der Waals surface area contributed by atoms with Crippen LogP contribution in [0.15, 0.2) is 61.4 Å². The molecular formula is C16H16O4. The predicted molar refractivity (Wildman–Crippen MR) is 76.7 cm³/mol. The van der Waals surface area contributed by atoms with Gasteiger partial charge in [-0.15, -0.1) is 0 Å². The van der Waals surface area contributed by atoms with Crippen LogP contribution >= 0.6 is 0 Å². The minimum Gasteiger partial charge on any atom is -0.481 e. The molecule has 0 aliphatic carbocycles. The van der Waals surface area contributed by atoms with Crippen molar-refractivity contribution in [3.05, 3.63) is 67.0 Å². The van der Waals surface area contributed by atoms with E-state index in [2.05, 4.69) is 13.2 Å². The predicted octanol–water partition coefficient (Wildman–Crippen LogP) is 3.37. The average Bonchev–Trinajstić information content (AvgIpc) is 2.45. The summed E-state index contributed by atoms with van der Waals surface area (Å²) in [5.41, 5.74) is 0.464. The number of ketones is 1. The lowest BCUT2D eigenvalue weighted by Gasteiger charge is -2.06. The first kappa shape index (κ1) is 15.4. The number of carboxylic acids is 1. The van der Waals surface area contributed by atoms with Crippen LogP contribution in [0.5, 0.6) is 5.75 Å². The van der Waals surface area contributed by atoms with Gasteiger partial charge < -0.3 is 9.84 Å². The molecule has 0 saturated carbocycles. The zero-order valence-corrected chi connectivity index (χ0v) is 11.0. The van der Waals surface area contributed by atoms with E-state index < -0.39 is 5.97 Å². The molecule has 0 amide bonds. The molecular weight excluding hydrogens is 256 g/mol. The number of carboxylic acid groups (broad SMARTS) is 1. The minimum absolute atomic E-state index is 0.0101. The van der Waals surface area contributed by atoms with Crippen LogP contribution in [-0.2, 0) is 4.79 Å². The third-order valence-corrected chi connectivity index (χ3v) is 2.46. The van der Waals surface area contributed by atoms with E-state index in [1.165, 1.54) is 0 Å². The van der Waals surface area contributed by atoms with E-state index >= 15 is 0 Å². The van der Waals surface area contributed by atoms with Crippen molar-refractivity contribution >= 4 is 11.8 Å². The topological polar surface area (TPSA) is 63.6 Å². The number of carbonyl (C=O) groups is 2. The van der Waals surface area contributed by atoms with Crippen molar-refractivity contribution in [2.45, 2.75) is 12.8 Å². The molecule has 0 bridgehead atoms. The Morgan fingerprint density at radius 1 is 1.15 bits per heavy atom. The molecule has 0 unspecified atom stereocenters. The molecule has 4 heteroatoms. The summed E-state index contributed by atoms with van der Waals surface area (Å²) in [6, 6.07) is 6.51. The van der Waals surface area contributed by atoms with Gasteiger partial charge in [0.2, 0.25) is 0 Å². The number of allylic oxidation sites excluding steroid dienone is 3. The van der Waals surface area contributed by atoms with Gasteiger partial charge in [0.1, 0.15) is 11.5 Å². The second-order valence-electron chi connectivity index (χ2n) is 3.95. The fourth-order valence-corrected chi connectivity index (χ4v) is 1.47. The summed E-state index contributed by atoms with van der Waals surface area (Å²) in [7, 11) is 0. The van der Waals surface area contributed by atoms with E-state index in [1.807, 2.05) is 0 Å². The molecule has 1 aromatic carbocycles. The molecule has 0 radical (unpaired) electrons. The zero-order chi connectivity index (χ0) is 15.0. The second kappa shape index (κ2) is 7.74. The molecule has 0 heterocycles. The van der Waals surface area contributed by atoms with E-state index in [1.54, 1.807) is 42.5 Å². The number of aliphatic carboxylic acids is 1. The van der Waals surface area contributed by atoms with Crippen molar-refractivity contribution < 1.29 is 19.4 Å². The van der Waals surface area contributed by atoms with Crippen molar-refractivity contribution in [1.29, 1.82) is 0 Å². The van der Waals surface area contributed by atoms with Gasteiger partial charge in [-0.05, 0) is 36.4 Å². The van der Waals surface area contributed by atoms with Gasteiger partial charge in [-0.2, -0.15) is 0 Å². The lowest BCUT2D eigenvalue weighted by Crippen LogP contribution is -2.03. The van der Waals surface area contributed by atoms with Crippen LogP contribution in [0, 0.1) is 0 Å². The van der Waals surface area contributed by atoms with Gasteiger partial charge >= 0.3 is 5.97 Å². The summed E-state index contributed by atoms with van der Waals surface area (Å²) in [6.45, 7) is 7.18. The van der Waals surface area contributed by atoms with Crippen LogP contribution in [0.2, 0.25) is 0 Å². The molecule has 0 aromatic heterocycles. The van der Waals surface area contributed by atoms with Gasteiger partial charge in [0.05, 0.1) is 6.42 Å². The fraction of sp³-hybridized carbons (Fsp3) is 0.125. The van der Waals surface area contributed by atoms with Crippen molar-refractivity contribution in [1.82, 2.24) is 0 Å². The van der Waals surface area contributed by atoms with Crippen LogP contribution in [0.1, 0.15) is 23.2 Å². The first-order valence-electron chi connectivity index (χ1n) is 6.05. The Morgan fingerprint density at radius 3 is 2.30 bits per heavy atom. The number of benzene rings is 1. The highest BCUT2D eigenvalue weighted by Crippen LogP contribution is 2.17. The highest BCUT2D eigenvalue weighted by Gasteiger charge is 2.08. The van der Waals surface area contributed by atoms with Crippen LogP contribution in [0.25, 0.3) is 0 Å². The van der Waals surface area contributed by atoms with Crippen molar-refractivity contribution in [3.63, 3.8) is 0 Å². The highest BCUT2D eigenvalue weighted by molar-refractivity contribution is 5.97. The second-order valence-corrected chi connectivity index (χ2v) is 3.95. The summed E-state index contributed by atoms with van der Waals surface area (Å²) in [5.74, 6) is -0.0780. The Bertz CT molecular complexity index is 538. The van der Waals surface area contributed by atoms with Crippen LogP contribution in [0.4, 0.5) is 0 Å². The van der Waals surface area contributed by atoms with Gasteiger partial charge in [-0.1, -0.05) is 19.2 Å². The van der Waals surface area contributed by atoms with Crippen LogP contribution < -0.4 is 4.74 Å². The van der Waals surface area contributed by atoms with Gasteiger partial charge in [-0.25, -0.2) is 0 Å². The quantitative estimate of drug-likeness (QED) is 0.447. The van der Waals surface area contributed by atoms with Gasteiger partial charge in [0, 0.05) is 12.0 Å². The fourth-order valence-electron chi connectivity index (χ4n) is 1.47. The molecule has 0 aliphatic rings. The normalized spacial score (nSPS) is 10.7. The highest BCUT2D eigenvalue weighted by atomic mass is 16.5. The van der Waals surface area contributed by atoms with E-state index in [0.717, 1.165) is 0 Å². The Hall–Kier alpha value is -2.62. The van der Waals surface area contributed by atoms with Gasteiger partial charge in [0.25, 0.3) is 0 Å². The SMILES string of the molecule is C=C/C=C(\C=C)Oc1ccc(C(=O)CCC(=O)O)cc1. The number of hydrogen-bond acceptors (Lipinski definition) is 3. The maximum Gasteiger partial charge on any atom is 0.303 e. The number of carbonyl (C=O) groups excluding carboxylic acids is 1. The maximum atomic E-state index is 11.7. The zero-order valence-electron chi connectivity index (χ0n) is 11.0. The van der Waals surface area contributed by atoms with Crippen molar-refractivity contribution in [3.8, 4) is 5.75 Å². The molecule has 0 atom stereocenters. The van der Waals surface area contributed by atoms with Crippen molar-refractivity contribution in [2.24, 2.45) is 0 Å². The molecule has 20 heavy (non-hydrogen) atoms. The lowest BCUT2D eigenvalue weighted by atomic mass is 10.1. The molecule has 1 aromatic rings. The summed E-state index contributed by atoms with van der Waals surface area (Å²) >= 11 is 0. The van der Waals surface area contributed by atoms with E-state index in [9.17, 15) is 9.59 Å². The number of ether oxygens (including phenoxy) is 1. The van der Waals surface area contributed by atoms with E-state index in [4.69, 9.17) is 9.84 Å². The number of Topliss-reactive ketones (excluding diaryl/α,β-unsaturated/α-hetero) is 1. The third-order valence-electron chi connectivity index (χ3n) is 2.46. The Balaban J connectivity index is 2.71. The lowest BCUT2D eigenvalue weighted by molar-refractivity contribution is -0.136. The molecule has 0 spiro atoms. The summed E-state index contributed by atoms with van der Waals surface area (Å²) in [6.07, 6.45) is 4.62. The maximum absolute atomic E-state index is 11.7. The Morgan fingerprint density at radius 2 is 1.80 bits per heavy atom. The first-order chi connectivity index (χ1) is 9.56.